The zero-order chi connectivity index (χ0) is 20.1. The first-order valence-corrected chi connectivity index (χ1v) is 10.8. The van der Waals surface area contributed by atoms with Crippen molar-refractivity contribution in [3.05, 3.63) is 16.0 Å². The summed E-state index contributed by atoms with van der Waals surface area (Å²) in [6.45, 7) is 1.39. The molecule has 1 atom stereocenters. The van der Waals surface area contributed by atoms with Gasteiger partial charge < -0.3 is 14.6 Å². The number of aliphatic carboxylic acids is 1. The molecular formula is C14H19NO8S3. The molecular weight excluding hydrogens is 406 g/mol. The SMILES string of the molecule is COC(=O)c1sc(S(=O)(=O)N[C@H](CCSC)C(=O)O)c(C(=O)OC)c1C. The van der Waals surface area contributed by atoms with E-state index in [1.54, 1.807) is 6.26 Å². The maximum atomic E-state index is 12.7. The molecule has 0 radical (unpaired) electrons. The number of thiophene rings is 1. The van der Waals surface area contributed by atoms with E-state index in [0.717, 1.165) is 14.2 Å². The summed E-state index contributed by atoms with van der Waals surface area (Å²) in [5, 5.41) is 9.22. The molecule has 26 heavy (non-hydrogen) atoms. The number of hydrogen-bond donors (Lipinski definition) is 2. The summed E-state index contributed by atoms with van der Waals surface area (Å²) < 4.78 is 36.2. The Morgan fingerprint density at radius 1 is 1.23 bits per heavy atom. The summed E-state index contributed by atoms with van der Waals surface area (Å²) in [6.07, 6.45) is 1.81. The van der Waals surface area contributed by atoms with Crippen LogP contribution >= 0.6 is 23.1 Å². The summed E-state index contributed by atoms with van der Waals surface area (Å²) in [7, 11) is -2.21. The maximum absolute atomic E-state index is 12.7. The molecule has 1 rings (SSSR count). The molecule has 0 saturated heterocycles. The third-order valence-electron chi connectivity index (χ3n) is 3.33. The van der Waals surface area contributed by atoms with Gasteiger partial charge in [-0.25, -0.2) is 18.0 Å². The van der Waals surface area contributed by atoms with Crippen LogP contribution in [0.25, 0.3) is 0 Å². The number of carbonyl (C=O) groups is 3. The van der Waals surface area contributed by atoms with Gasteiger partial charge in [0.05, 0.1) is 19.8 Å². The first-order valence-electron chi connectivity index (χ1n) is 7.14. The van der Waals surface area contributed by atoms with Crippen molar-refractivity contribution < 1.29 is 37.4 Å². The van der Waals surface area contributed by atoms with Gasteiger partial charge in [0.2, 0.25) is 0 Å². The van der Waals surface area contributed by atoms with Crippen LogP contribution < -0.4 is 4.72 Å². The van der Waals surface area contributed by atoms with Crippen molar-refractivity contribution in [2.45, 2.75) is 23.6 Å². The highest BCUT2D eigenvalue weighted by Gasteiger charge is 2.35. The van der Waals surface area contributed by atoms with E-state index in [9.17, 15) is 27.9 Å². The fourth-order valence-electron chi connectivity index (χ4n) is 2.01. The Bertz CT molecular complexity index is 799. The molecule has 1 aromatic rings. The highest BCUT2D eigenvalue weighted by molar-refractivity contribution is 7.98. The standard InChI is InChI=1S/C14H19NO8S3/c1-7-9(12(18)22-2)14(25-10(7)13(19)23-3)26(20,21)15-8(11(16)17)5-6-24-4/h8,15H,5-6H2,1-4H3,(H,16,17)/t8-/m1/s1. The van der Waals surface area contributed by atoms with Crippen molar-refractivity contribution in [2.24, 2.45) is 0 Å². The van der Waals surface area contributed by atoms with Crippen molar-refractivity contribution >= 4 is 51.0 Å². The minimum absolute atomic E-state index is 0.0531. The predicted octanol–water partition coefficient (Wildman–Crippen LogP) is 1.11. The Morgan fingerprint density at radius 2 is 1.81 bits per heavy atom. The molecule has 0 aromatic carbocycles. The van der Waals surface area contributed by atoms with Gasteiger partial charge in [-0.15, -0.1) is 11.3 Å². The normalized spacial score (nSPS) is 12.5. The van der Waals surface area contributed by atoms with Crippen molar-refractivity contribution in [2.75, 3.05) is 26.2 Å². The van der Waals surface area contributed by atoms with E-state index in [1.807, 2.05) is 0 Å². The van der Waals surface area contributed by atoms with Gasteiger partial charge in [0.1, 0.15) is 10.9 Å². The lowest BCUT2D eigenvalue weighted by atomic mass is 10.2. The number of thioether (sulfide) groups is 1. The number of carboxylic acid groups (broad SMARTS) is 1. The molecule has 9 nitrogen and oxygen atoms in total. The molecule has 0 unspecified atom stereocenters. The second-order valence-electron chi connectivity index (χ2n) is 5.00. The predicted molar refractivity (Wildman–Crippen MR) is 96.5 cm³/mol. The number of ether oxygens (including phenoxy) is 2. The van der Waals surface area contributed by atoms with Crippen molar-refractivity contribution in [3.8, 4) is 0 Å². The minimum Gasteiger partial charge on any atom is -0.480 e. The molecule has 0 spiro atoms. The monoisotopic (exact) mass is 425 g/mol. The van der Waals surface area contributed by atoms with Gasteiger partial charge in [-0.3, -0.25) is 4.79 Å². The second kappa shape index (κ2) is 9.35. The largest absolute Gasteiger partial charge is 0.480 e. The summed E-state index contributed by atoms with van der Waals surface area (Å²) >= 11 is 1.89. The van der Waals surface area contributed by atoms with Gasteiger partial charge in [0.25, 0.3) is 10.0 Å². The molecule has 0 bridgehead atoms. The van der Waals surface area contributed by atoms with Crippen LogP contribution in [0.2, 0.25) is 0 Å². The van der Waals surface area contributed by atoms with Gasteiger partial charge in [0.15, 0.2) is 4.21 Å². The molecule has 2 N–H and O–H groups in total. The Labute approximate surface area is 159 Å². The summed E-state index contributed by atoms with van der Waals surface area (Å²) in [6, 6.07) is -1.37. The molecule has 0 amide bonds. The van der Waals surface area contributed by atoms with Crippen LogP contribution in [0.3, 0.4) is 0 Å². The van der Waals surface area contributed by atoms with E-state index in [2.05, 4.69) is 14.2 Å². The number of methoxy groups -OCH3 is 2. The van der Waals surface area contributed by atoms with Crippen LogP contribution in [0, 0.1) is 6.92 Å². The summed E-state index contributed by atoms with van der Waals surface area (Å²) in [4.78, 5) is 35.1. The van der Waals surface area contributed by atoms with Crippen molar-refractivity contribution in [1.29, 1.82) is 0 Å². The van der Waals surface area contributed by atoms with Gasteiger partial charge in [-0.2, -0.15) is 16.5 Å². The highest BCUT2D eigenvalue weighted by Crippen LogP contribution is 2.33. The number of hydrogen-bond acceptors (Lipinski definition) is 9. The lowest BCUT2D eigenvalue weighted by molar-refractivity contribution is -0.139. The van der Waals surface area contributed by atoms with Crippen molar-refractivity contribution in [1.82, 2.24) is 4.72 Å². The zero-order valence-electron chi connectivity index (χ0n) is 14.5. The number of sulfonamides is 1. The number of carbonyl (C=O) groups excluding carboxylic acids is 2. The topological polar surface area (TPSA) is 136 Å². The van der Waals surface area contributed by atoms with E-state index in [1.165, 1.54) is 18.7 Å². The first kappa shape index (κ1) is 22.4. The smallest absolute Gasteiger partial charge is 0.348 e. The van der Waals surface area contributed by atoms with Crippen LogP contribution in [-0.4, -0.2) is 63.7 Å². The number of carboxylic acids is 1. The molecule has 1 heterocycles. The van der Waals surface area contributed by atoms with E-state index < -0.39 is 38.2 Å². The average molecular weight is 426 g/mol. The Kier molecular flexibility index (Phi) is 8.06. The van der Waals surface area contributed by atoms with Crippen LogP contribution in [0.4, 0.5) is 0 Å². The second-order valence-corrected chi connectivity index (χ2v) is 8.91. The third kappa shape index (κ3) is 4.96. The highest BCUT2D eigenvalue weighted by atomic mass is 32.2. The summed E-state index contributed by atoms with van der Waals surface area (Å²) in [5.41, 5.74) is -0.232. The summed E-state index contributed by atoms with van der Waals surface area (Å²) in [5.74, 6) is -2.69. The van der Waals surface area contributed by atoms with E-state index >= 15 is 0 Å². The third-order valence-corrected chi connectivity index (χ3v) is 7.23. The molecule has 0 fully saturated rings. The Morgan fingerprint density at radius 3 is 2.27 bits per heavy atom. The Balaban J connectivity index is 3.44. The minimum atomic E-state index is -4.39. The van der Waals surface area contributed by atoms with E-state index in [0.29, 0.717) is 17.1 Å². The van der Waals surface area contributed by atoms with Gasteiger partial charge in [-0.1, -0.05) is 0 Å². The zero-order valence-corrected chi connectivity index (χ0v) is 17.0. The average Bonchev–Trinajstić information content (AvgIpc) is 2.95. The van der Waals surface area contributed by atoms with Gasteiger partial charge >= 0.3 is 17.9 Å². The number of esters is 2. The van der Waals surface area contributed by atoms with Crippen LogP contribution in [0.5, 0.6) is 0 Å². The molecule has 1 aromatic heterocycles. The van der Waals surface area contributed by atoms with Crippen molar-refractivity contribution in [3.63, 3.8) is 0 Å². The molecule has 0 aliphatic heterocycles. The van der Waals surface area contributed by atoms with Gasteiger partial charge in [-0.05, 0) is 30.9 Å². The Hall–Kier alpha value is -1.63. The quantitative estimate of drug-likeness (QED) is 0.558. The molecule has 146 valence electrons. The number of rotatable bonds is 9. The fourth-order valence-corrected chi connectivity index (χ4v) is 5.47. The molecule has 0 aliphatic rings. The van der Waals surface area contributed by atoms with Gasteiger partial charge in [0, 0.05) is 0 Å². The van der Waals surface area contributed by atoms with Crippen LogP contribution in [-0.2, 0) is 24.3 Å². The lowest BCUT2D eigenvalue weighted by Gasteiger charge is -2.14. The number of nitrogens with one attached hydrogen (secondary N) is 1. The molecule has 0 saturated carbocycles. The van der Waals surface area contributed by atoms with Crippen LogP contribution in [0.1, 0.15) is 32.0 Å². The maximum Gasteiger partial charge on any atom is 0.348 e. The lowest BCUT2D eigenvalue weighted by Crippen LogP contribution is -2.41. The first-order chi connectivity index (χ1) is 12.1. The van der Waals surface area contributed by atoms with E-state index in [4.69, 9.17) is 0 Å². The van der Waals surface area contributed by atoms with E-state index in [-0.39, 0.29) is 22.4 Å². The molecule has 0 aliphatic carbocycles. The van der Waals surface area contributed by atoms with Crippen LogP contribution in [0.15, 0.2) is 4.21 Å². The molecule has 12 heteroatoms. The fraction of sp³-hybridized carbons (Fsp3) is 0.500.